The van der Waals surface area contributed by atoms with Gasteiger partial charge in [-0.05, 0) is 36.4 Å². The lowest BCUT2D eigenvalue weighted by Gasteiger charge is -2.15. The van der Waals surface area contributed by atoms with Gasteiger partial charge in [-0.3, -0.25) is 24.5 Å². The van der Waals surface area contributed by atoms with Crippen LogP contribution >= 0.6 is 24.0 Å². The lowest BCUT2D eigenvalue weighted by atomic mass is 10.1. The van der Waals surface area contributed by atoms with Crippen LogP contribution in [-0.4, -0.2) is 26.1 Å². The topological polar surface area (TPSA) is 75.2 Å². The van der Waals surface area contributed by atoms with Gasteiger partial charge in [-0.2, -0.15) is 0 Å². The first-order chi connectivity index (χ1) is 13.5. The van der Waals surface area contributed by atoms with Crippen molar-refractivity contribution in [3.05, 3.63) is 65.3 Å². The number of carbonyl (C=O) groups excluding carboxylic acids is 2. The molecule has 1 aromatic heterocycles. The second-order valence-electron chi connectivity index (χ2n) is 6.02. The van der Waals surface area contributed by atoms with E-state index < -0.39 is 0 Å². The van der Waals surface area contributed by atoms with Gasteiger partial charge in [-0.15, -0.1) is 0 Å². The van der Waals surface area contributed by atoms with E-state index >= 15 is 0 Å². The summed E-state index contributed by atoms with van der Waals surface area (Å²) in [6.45, 7) is 1.44. The molecule has 2 heterocycles. The number of para-hydroxylation sites is 1. The number of thiocarbonyl (C=S) groups is 1. The van der Waals surface area contributed by atoms with Crippen LogP contribution in [0.1, 0.15) is 12.5 Å². The number of hydrogen-bond donors (Lipinski definition) is 1. The summed E-state index contributed by atoms with van der Waals surface area (Å²) >= 11 is 6.67. The number of nitrogens with one attached hydrogen (secondary N) is 1. The normalized spacial score (nSPS) is 15.5. The highest BCUT2D eigenvalue weighted by Crippen LogP contribution is 2.36. The summed E-state index contributed by atoms with van der Waals surface area (Å²) in [6.07, 6.45) is 5.06. The van der Waals surface area contributed by atoms with Crippen LogP contribution in [0.3, 0.4) is 0 Å². The van der Waals surface area contributed by atoms with Crippen LogP contribution in [0.2, 0.25) is 0 Å². The molecule has 0 unspecified atom stereocenters. The first-order valence-corrected chi connectivity index (χ1v) is 9.61. The second kappa shape index (κ2) is 7.49. The molecule has 1 N–H and O–H groups in total. The summed E-state index contributed by atoms with van der Waals surface area (Å²) in [4.78, 5) is 34.8. The standard InChI is InChI=1S/C20H14N4O2S2/c1-12(25)23-14-5-7-15(8-6-14)24-19(26)17(28-20(24)27)11-13-3-2-4-16-18(13)22-10-9-21-16/h2-11H,1H3,(H,23,25). The number of amides is 2. The molecule has 0 atom stereocenters. The molecule has 6 nitrogen and oxygen atoms in total. The lowest BCUT2D eigenvalue weighted by molar-refractivity contribution is -0.114. The van der Waals surface area contributed by atoms with Crippen molar-refractivity contribution >= 4 is 68.6 Å². The molecular weight excluding hydrogens is 392 g/mol. The Labute approximate surface area is 170 Å². The molecule has 1 fully saturated rings. The second-order valence-corrected chi connectivity index (χ2v) is 7.69. The highest BCUT2D eigenvalue weighted by molar-refractivity contribution is 8.27. The third-order valence-corrected chi connectivity index (χ3v) is 5.36. The van der Waals surface area contributed by atoms with Crippen LogP contribution in [0.5, 0.6) is 0 Å². The zero-order valence-electron chi connectivity index (χ0n) is 14.7. The number of hydrogen-bond acceptors (Lipinski definition) is 6. The van der Waals surface area contributed by atoms with Gasteiger partial charge in [0.2, 0.25) is 5.91 Å². The van der Waals surface area contributed by atoms with E-state index in [1.165, 1.54) is 23.6 Å². The Morgan fingerprint density at radius 2 is 1.89 bits per heavy atom. The van der Waals surface area contributed by atoms with Crippen molar-refractivity contribution in [2.24, 2.45) is 0 Å². The number of fused-ring (bicyclic) bond motifs is 1. The summed E-state index contributed by atoms with van der Waals surface area (Å²) in [5, 5.41) is 2.70. The van der Waals surface area contributed by atoms with E-state index in [-0.39, 0.29) is 11.8 Å². The molecule has 0 saturated carbocycles. The Balaban J connectivity index is 1.65. The Morgan fingerprint density at radius 3 is 2.64 bits per heavy atom. The molecule has 1 saturated heterocycles. The Kier molecular flexibility index (Phi) is 4.89. The number of anilines is 2. The molecule has 0 spiro atoms. The maximum absolute atomic E-state index is 13.0. The Hall–Kier alpha value is -3.10. The molecule has 2 aromatic carbocycles. The fraction of sp³-hybridized carbons (Fsp3) is 0.0500. The maximum Gasteiger partial charge on any atom is 0.270 e. The van der Waals surface area contributed by atoms with E-state index in [4.69, 9.17) is 12.2 Å². The van der Waals surface area contributed by atoms with Gasteiger partial charge in [0.15, 0.2) is 4.32 Å². The SMILES string of the molecule is CC(=O)Nc1ccc(N2C(=O)C(=Cc3cccc4nccnc34)SC2=S)cc1. The molecule has 28 heavy (non-hydrogen) atoms. The van der Waals surface area contributed by atoms with Gasteiger partial charge in [0.05, 0.1) is 21.6 Å². The van der Waals surface area contributed by atoms with Crippen molar-refractivity contribution < 1.29 is 9.59 Å². The number of nitrogens with zero attached hydrogens (tertiary/aromatic N) is 3. The minimum absolute atomic E-state index is 0.153. The average molecular weight is 406 g/mol. The number of rotatable bonds is 3. The number of thioether (sulfide) groups is 1. The highest BCUT2D eigenvalue weighted by atomic mass is 32.2. The van der Waals surface area contributed by atoms with E-state index in [9.17, 15) is 9.59 Å². The molecule has 3 aromatic rings. The Bertz CT molecular complexity index is 1140. The number of carbonyl (C=O) groups is 2. The summed E-state index contributed by atoms with van der Waals surface area (Å²) in [7, 11) is 0. The van der Waals surface area contributed by atoms with E-state index in [1.54, 1.807) is 42.7 Å². The van der Waals surface area contributed by atoms with E-state index in [0.29, 0.717) is 20.6 Å². The van der Waals surface area contributed by atoms with Crippen LogP contribution in [0, 0.1) is 0 Å². The van der Waals surface area contributed by atoms with Gasteiger partial charge >= 0.3 is 0 Å². The largest absolute Gasteiger partial charge is 0.326 e. The first-order valence-electron chi connectivity index (χ1n) is 8.38. The molecule has 1 aliphatic heterocycles. The lowest BCUT2D eigenvalue weighted by Crippen LogP contribution is -2.27. The third kappa shape index (κ3) is 3.51. The first kappa shape index (κ1) is 18.3. The molecule has 1 aliphatic rings. The zero-order valence-corrected chi connectivity index (χ0v) is 16.4. The van der Waals surface area contributed by atoms with Gasteiger partial charge in [-0.25, -0.2) is 0 Å². The highest BCUT2D eigenvalue weighted by Gasteiger charge is 2.33. The van der Waals surface area contributed by atoms with E-state index in [0.717, 1.165) is 16.6 Å². The average Bonchev–Trinajstić information content (AvgIpc) is 2.96. The van der Waals surface area contributed by atoms with Crippen molar-refractivity contribution in [3.8, 4) is 0 Å². The molecule has 0 aliphatic carbocycles. The molecule has 0 radical (unpaired) electrons. The van der Waals surface area contributed by atoms with Crippen LogP contribution < -0.4 is 10.2 Å². The van der Waals surface area contributed by atoms with Crippen molar-refractivity contribution in [2.75, 3.05) is 10.2 Å². The van der Waals surface area contributed by atoms with E-state index in [2.05, 4.69) is 15.3 Å². The van der Waals surface area contributed by atoms with Crippen LogP contribution in [0.15, 0.2) is 59.8 Å². The third-order valence-electron chi connectivity index (χ3n) is 4.06. The Morgan fingerprint density at radius 1 is 1.14 bits per heavy atom. The summed E-state index contributed by atoms with van der Waals surface area (Å²) in [5.41, 5.74) is 3.62. The van der Waals surface area contributed by atoms with Gasteiger partial charge < -0.3 is 5.32 Å². The molecule has 8 heteroatoms. The minimum atomic E-state index is -0.192. The molecule has 0 bridgehead atoms. The van der Waals surface area contributed by atoms with Crippen LogP contribution in [-0.2, 0) is 9.59 Å². The monoisotopic (exact) mass is 406 g/mol. The molecular formula is C20H14N4O2S2. The van der Waals surface area contributed by atoms with Crippen molar-refractivity contribution in [2.45, 2.75) is 6.92 Å². The van der Waals surface area contributed by atoms with Crippen molar-refractivity contribution in [1.29, 1.82) is 0 Å². The number of benzene rings is 2. The van der Waals surface area contributed by atoms with Gasteiger partial charge in [-0.1, -0.05) is 36.1 Å². The fourth-order valence-corrected chi connectivity index (χ4v) is 4.15. The molecule has 4 rings (SSSR count). The van der Waals surface area contributed by atoms with Crippen LogP contribution in [0.4, 0.5) is 11.4 Å². The molecule has 2 amide bonds. The van der Waals surface area contributed by atoms with Gasteiger partial charge in [0.1, 0.15) is 0 Å². The van der Waals surface area contributed by atoms with Crippen molar-refractivity contribution in [3.63, 3.8) is 0 Å². The van der Waals surface area contributed by atoms with Crippen molar-refractivity contribution in [1.82, 2.24) is 9.97 Å². The zero-order chi connectivity index (χ0) is 19.7. The molecule has 138 valence electrons. The summed E-state index contributed by atoms with van der Waals surface area (Å²) < 4.78 is 0.454. The smallest absolute Gasteiger partial charge is 0.270 e. The minimum Gasteiger partial charge on any atom is -0.326 e. The predicted octanol–water partition coefficient (Wildman–Crippen LogP) is 3.99. The fourth-order valence-electron chi connectivity index (χ4n) is 2.86. The summed E-state index contributed by atoms with van der Waals surface area (Å²) in [6, 6.07) is 12.6. The van der Waals surface area contributed by atoms with Gasteiger partial charge in [0, 0.05) is 30.6 Å². The quantitative estimate of drug-likeness (QED) is 0.524. The van der Waals surface area contributed by atoms with Gasteiger partial charge in [0.25, 0.3) is 5.91 Å². The predicted molar refractivity (Wildman–Crippen MR) is 116 cm³/mol. The maximum atomic E-state index is 13.0. The summed E-state index contributed by atoms with van der Waals surface area (Å²) in [5.74, 6) is -0.345. The van der Waals surface area contributed by atoms with Crippen LogP contribution in [0.25, 0.3) is 17.1 Å². The van der Waals surface area contributed by atoms with E-state index in [1.807, 2.05) is 18.2 Å². The number of aromatic nitrogens is 2.